The Morgan fingerprint density at radius 1 is 0.389 bits per heavy atom. The minimum Gasteiger partial charge on any atom is -0.320 e. The summed E-state index contributed by atoms with van der Waals surface area (Å²) < 4.78 is 0. The summed E-state index contributed by atoms with van der Waals surface area (Å²) in [7, 11) is 0. The number of nitrogens with two attached hydrogens (primary N) is 1. The van der Waals surface area contributed by atoms with Crippen LogP contribution in [0.1, 0.15) is 207 Å². The van der Waals surface area contributed by atoms with Crippen LogP contribution in [0.25, 0.3) is 0 Å². The van der Waals surface area contributed by atoms with Gasteiger partial charge >= 0.3 is 0 Å². The Morgan fingerprint density at radius 3 is 0.944 bits per heavy atom. The largest absolute Gasteiger partial charge is 0.320 e. The van der Waals surface area contributed by atoms with E-state index in [4.69, 9.17) is 5.21 Å². The fourth-order valence-corrected chi connectivity index (χ4v) is 5.24. The quantitative estimate of drug-likeness (QED) is 0.0598. The molecule has 0 aromatic carbocycles. The minimum absolute atomic E-state index is 1.35. The van der Waals surface area contributed by atoms with Crippen LogP contribution in [-0.4, -0.2) is 5.21 Å². The summed E-state index contributed by atoms with van der Waals surface area (Å²) in [5.74, 6) is 3.50. The van der Waals surface area contributed by atoms with Crippen molar-refractivity contribution in [1.29, 1.82) is 0 Å². The summed E-state index contributed by atoms with van der Waals surface area (Å²) >= 11 is 0. The number of allylic oxidation sites excluding steroid dienone is 2. The summed E-state index contributed by atoms with van der Waals surface area (Å²) in [5, 5.41) is 6.50. The first-order chi connectivity index (χ1) is 17.8. The van der Waals surface area contributed by atoms with Crippen molar-refractivity contribution in [2.75, 3.05) is 0 Å². The molecule has 0 saturated heterocycles. The Hall–Kier alpha value is -0.340. The lowest BCUT2D eigenvalue weighted by molar-refractivity contribution is 0.311. The van der Waals surface area contributed by atoms with Gasteiger partial charge in [-0.1, -0.05) is 180 Å². The van der Waals surface area contributed by atoms with E-state index in [-0.39, 0.29) is 0 Å². The van der Waals surface area contributed by atoms with Crippen molar-refractivity contribution in [3.05, 3.63) is 11.6 Å². The molecule has 0 unspecified atom stereocenters. The summed E-state index contributed by atoms with van der Waals surface area (Å²) in [6.07, 6.45) is 44.4. The summed E-state index contributed by atoms with van der Waals surface area (Å²) in [6, 6.07) is 0. The molecule has 0 saturated carbocycles. The zero-order valence-electron chi connectivity index (χ0n) is 25.6. The molecular formula is C34H71NO. The van der Waals surface area contributed by atoms with E-state index >= 15 is 0 Å². The molecule has 2 heteroatoms. The van der Waals surface area contributed by atoms with Gasteiger partial charge in [0.2, 0.25) is 0 Å². The van der Waals surface area contributed by atoms with Gasteiger partial charge in [0.1, 0.15) is 0 Å². The maximum atomic E-state index is 6.50. The van der Waals surface area contributed by atoms with E-state index in [0.717, 1.165) is 0 Å². The summed E-state index contributed by atoms with van der Waals surface area (Å²) in [4.78, 5) is 0. The van der Waals surface area contributed by atoms with Gasteiger partial charge in [0.15, 0.2) is 0 Å². The molecule has 218 valence electrons. The molecule has 0 radical (unpaired) electrons. The van der Waals surface area contributed by atoms with Crippen LogP contribution in [0.15, 0.2) is 11.6 Å². The van der Waals surface area contributed by atoms with E-state index in [2.05, 4.69) is 32.7 Å². The molecule has 36 heavy (non-hydrogen) atoms. The van der Waals surface area contributed by atoms with E-state index in [1.165, 1.54) is 186 Å². The predicted octanol–water partition coefficient (Wildman–Crippen LogP) is 12.6. The van der Waals surface area contributed by atoms with Gasteiger partial charge in [0.05, 0.1) is 0 Å². The Morgan fingerprint density at radius 2 is 0.639 bits per heavy atom. The Balaban J connectivity index is 0. The van der Waals surface area contributed by atoms with Crippen LogP contribution >= 0.6 is 0 Å². The highest BCUT2D eigenvalue weighted by Gasteiger charge is 2.00. The van der Waals surface area contributed by atoms with Crippen molar-refractivity contribution < 1.29 is 5.21 Å². The molecule has 0 heterocycles. The monoisotopic (exact) mass is 510 g/mol. The molecule has 0 aliphatic rings. The number of unbranched alkanes of at least 4 members (excludes halogenated alkanes) is 24. The summed E-state index contributed by atoms with van der Waals surface area (Å²) in [6.45, 7) is 6.94. The molecular weight excluding hydrogens is 438 g/mol. The molecule has 0 aromatic rings. The van der Waals surface area contributed by atoms with Gasteiger partial charge in [-0.25, -0.2) is 5.90 Å². The van der Waals surface area contributed by atoms with Gasteiger partial charge in [0.25, 0.3) is 0 Å². The van der Waals surface area contributed by atoms with Gasteiger partial charge in [-0.05, 0) is 38.5 Å². The van der Waals surface area contributed by atoms with E-state index in [1.54, 1.807) is 5.57 Å². The van der Waals surface area contributed by atoms with Crippen LogP contribution < -0.4 is 5.90 Å². The van der Waals surface area contributed by atoms with Crippen LogP contribution in [0.5, 0.6) is 0 Å². The lowest BCUT2D eigenvalue weighted by Gasteiger charge is -2.09. The molecule has 2 nitrogen and oxygen atoms in total. The normalized spacial score (nSPS) is 10.8. The second-order valence-corrected chi connectivity index (χ2v) is 11.3. The van der Waals surface area contributed by atoms with Crippen LogP contribution in [0.4, 0.5) is 0 Å². The van der Waals surface area contributed by atoms with Gasteiger partial charge in [-0.2, -0.15) is 0 Å². The van der Waals surface area contributed by atoms with Gasteiger partial charge in [0, 0.05) is 0 Å². The summed E-state index contributed by atoms with van der Waals surface area (Å²) in [5.41, 5.74) is 1.81. The lowest BCUT2D eigenvalue weighted by atomic mass is 9.97. The first-order valence-electron chi connectivity index (χ1n) is 16.8. The van der Waals surface area contributed by atoms with Crippen molar-refractivity contribution in [2.45, 2.75) is 207 Å². The van der Waals surface area contributed by atoms with E-state index in [1.807, 2.05) is 0 Å². The molecule has 3 N–H and O–H groups in total. The van der Waals surface area contributed by atoms with Gasteiger partial charge in [-0.15, -0.1) is 0 Å². The van der Waals surface area contributed by atoms with E-state index in [9.17, 15) is 0 Å². The van der Waals surface area contributed by atoms with Crippen molar-refractivity contribution in [2.24, 2.45) is 5.90 Å². The van der Waals surface area contributed by atoms with Crippen LogP contribution in [0, 0.1) is 0 Å². The third kappa shape index (κ3) is 33.7. The predicted molar refractivity (Wildman–Crippen MR) is 165 cm³/mol. The van der Waals surface area contributed by atoms with E-state index in [0.29, 0.717) is 0 Å². The minimum atomic E-state index is 1.35. The van der Waals surface area contributed by atoms with Crippen molar-refractivity contribution in [3.63, 3.8) is 0 Å². The second-order valence-electron chi connectivity index (χ2n) is 11.3. The maximum Gasteiger partial charge on any atom is -0.0320 e. The zero-order chi connectivity index (χ0) is 26.8. The molecule has 0 amide bonds. The molecule has 0 bridgehead atoms. The third-order valence-corrected chi connectivity index (χ3v) is 7.69. The SMILES string of the molecule is CCCCCCCCCCCCCCCCC=C(CCCCCCCC)CCCCCCCC.NO. The van der Waals surface area contributed by atoms with Crippen molar-refractivity contribution >= 4 is 0 Å². The Kier molecular flexibility index (Phi) is 38.7. The molecule has 0 spiro atoms. The lowest BCUT2D eigenvalue weighted by Crippen LogP contribution is -1.89. The number of hydrogen-bond acceptors (Lipinski definition) is 2. The molecule has 0 aromatic heterocycles. The van der Waals surface area contributed by atoms with Crippen molar-refractivity contribution in [3.8, 4) is 0 Å². The smallest absolute Gasteiger partial charge is 0.0320 e. The fourth-order valence-electron chi connectivity index (χ4n) is 5.24. The first-order valence-corrected chi connectivity index (χ1v) is 16.8. The molecule has 0 atom stereocenters. The highest BCUT2D eigenvalue weighted by molar-refractivity contribution is 5.02. The second kappa shape index (κ2) is 36.8. The third-order valence-electron chi connectivity index (χ3n) is 7.69. The zero-order valence-corrected chi connectivity index (χ0v) is 25.6. The average molecular weight is 510 g/mol. The highest BCUT2D eigenvalue weighted by atomic mass is 16.4. The molecule has 0 rings (SSSR count). The van der Waals surface area contributed by atoms with Gasteiger partial charge in [-0.3, -0.25) is 0 Å². The standard InChI is InChI=1S/C34H68.H3NO/c1-4-7-10-13-16-17-18-19-20-21-22-23-24-27-30-33-34(31-28-25-14-11-8-5-2)32-29-26-15-12-9-6-3;1-2/h33H,4-32H2,1-3H3;2H,1H2. The average Bonchev–Trinajstić information content (AvgIpc) is 2.91. The number of rotatable bonds is 29. The first kappa shape index (κ1) is 37.8. The molecule has 0 aliphatic carbocycles. The van der Waals surface area contributed by atoms with Crippen LogP contribution in [-0.2, 0) is 0 Å². The Labute approximate surface area is 229 Å². The fraction of sp³-hybridized carbons (Fsp3) is 0.941. The highest BCUT2D eigenvalue weighted by Crippen LogP contribution is 2.20. The topological polar surface area (TPSA) is 46.2 Å². The molecule has 0 aliphatic heterocycles. The maximum absolute atomic E-state index is 6.50. The van der Waals surface area contributed by atoms with Crippen LogP contribution in [0.2, 0.25) is 0 Å². The number of hydrogen-bond donors (Lipinski definition) is 2. The van der Waals surface area contributed by atoms with Crippen LogP contribution in [0.3, 0.4) is 0 Å². The van der Waals surface area contributed by atoms with Gasteiger partial charge < -0.3 is 5.21 Å². The Bertz CT molecular complexity index is 375. The van der Waals surface area contributed by atoms with Crippen molar-refractivity contribution in [1.82, 2.24) is 0 Å². The molecule has 0 fully saturated rings. The van der Waals surface area contributed by atoms with E-state index < -0.39 is 0 Å².